The van der Waals surface area contributed by atoms with Gasteiger partial charge in [0, 0.05) is 16.1 Å². The average molecular weight is 295 g/mol. The van der Waals surface area contributed by atoms with E-state index >= 15 is 0 Å². The van der Waals surface area contributed by atoms with Gasteiger partial charge in [-0.2, -0.15) is 0 Å². The van der Waals surface area contributed by atoms with Crippen molar-refractivity contribution in [1.29, 1.82) is 0 Å². The fourth-order valence-corrected chi connectivity index (χ4v) is 2.28. The number of hydrogen-bond donors (Lipinski definition) is 0. The Balaban J connectivity index is 2.44. The van der Waals surface area contributed by atoms with Gasteiger partial charge >= 0.3 is 0 Å². The molecular weight excluding hydrogens is 283 g/mol. The van der Waals surface area contributed by atoms with E-state index in [1.54, 1.807) is 37.4 Å². The molecular formula is C15H12Cl2O2. The van der Waals surface area contributed by atoms with Crippen molar-refractivity contribution in [1.82, 2.24) is 0 Å². The van der Waals surface area contributed by atoms with E-state index in [1.807, 2.05) is 13.0 Å². The van der Waals surface area contributed by atoms with Gasteiger partial charge in [-0.3, -0.25) is 4.79 Å². The van der Waals surface area contributed by atoms with Crippen LogP contribution in [0.4, 0.5) is 0 Å². The highest BCUT2D eigenvalue weighted by Gasteiger charge is 2.14. The van der Waals surface area contributed by atoms with Crippen molar-refractivity contribution in [2.24, 2.45) is 0 Å². The van der Waals surface area contributed by atoms with Crippen LogP contribution in [0.25, 0.3) is 0 Å². The van der Waals surface area contributed by atoms with Crippen molar-refractivity contribution in [3.63, 3.8) is 0 Å². The zero-order chi connectivity index (χ0) is 14.0. The first kappa shape index (κ1) is 13.9. The topological polar surface area (TPSA) is 26.3 Å². The van der Waals surface area contributed by atoms with Gasteiger partial charge in [-0.1, -0.05) is 35.3 Å². The first-order valence-electron chi connectivity index (χ1n) is 5.67. The number of carbonyl (C=O) groups excluding carboxylic acids is 1. The number of benzene rings is 2. The van der Waals surface area contributed by atoms with Gasteiger partial charge in [0.15, 0.2) is 5.78 Å². The SMILES string of the molecule is COc1cc(C(=O)c2ccc(Cl)cc2Cl)ccc1C. The van der Waals surface area contributed by atoms with Crippen LogP contribution >= 0.6 is 23.2 Å². The molecule has 2 aromatic carbocycles. The van der Waals surface area contributed by atoms with Gasteiger partial charge in [-0.25, -0.2) is 0 Å². The minimum absolute atomic E-state index is 0.153. The Morgan fingerprint density at radius 1 is 1.11 bits per heavy atom. The lowest BCUT2D eigenvalue weighted by molar-refractivity contribution is 0.103. The molecule has 0 aliphatic heterocycles. The fraction of sp³-hybridized carbons (Fsp3) is 0.133. The fourth-order valence-electron chi connectivity index (χ4n) is 1.79. The largest absolute Gasteiger partial charge is 0.496 e. The summed E-state index contributed by atoms with van der Waals surface area (Å²) in [4.78, 5) is 12.4. The summed E-state index contributed by atoms with van der Waals surface area (Å²) in [5.74, 6) is 0.524. The highest BCUT2D eigenvalue weighted by atomic mass is 35.5. The Kier molecular flexibility index (Phi) is 4.13. The summed E-state index contributed by atoms with van der Waals surface area (Å²) >= 11 is 11.9. The monoisotopic (exact) mass is 294 g/mol. The van der Waals surface area contributed by atoms with Gasteiger partial charge in [0.1, 0.15) is 5.75 Å². The number of ether oxygens (including phenoxy) is 1. The van der Waals surface area contributed by atoms with Crippen LogP contribution in [0.15, 0.2) is 36.4 Å². The van der Waals surface area contributed by atoms with E-state index < -0.39 is 0 Å². The van der Waals surface area contributed by atoms with Crippen LogP contribution in [0.2, 0.25) is 10.0 Å². The molecule has 0 saturated heterocycles. The summed E-state index contributed by atoms with van der Waals surface area (Å²) in [7, 11) is 1.58. The molecule has 0 N–H and O–H groups in total. The molecule has 0 saturated carbocycles. The molecule has 0 aliphatic carbocycles. The smallest absolute Gasteiger partial charge is 0.194 e. The third-order valence-corrected chi connectivity index (χ3v) is 3.39. The van der Waals surface area contributed by atoms with E-state index in [-0.39, 0.29) is 5.78 Å². The molecule has 0 unspecified atom stereocenters. The molecule has 0 fully saturated rings. The van der Waals surface area contributed by atoms with Crippen molar-refractivity contribution in [3.05, 3.63) is 63.1 Å². The predicted molar refractivity (Wildman–Crippen MR) is 77.6 cm³/mol. The normalized spacial score (nSPS) is 10.3. The minimum atomic E-state index is -0.153. The number of ketones is 1. The summed E-state index contributed by atoms with van der Waals surface area (Å²) in [5, 5.41) is 0.847. The molecule has 0 aromatic heterocycles. The number of hydrogen-bond acceptors (Lipinski definition) is 2. The molecule has 0 spiro atoms. The maximum absolute atomic E-state index is 12.4. The first-order valence-corrected chi connectivity index (χ1v) is 6.43. The minimum Gasteiger partial charge on any atom is -0.496 e. The highest BCUT2D eigenvalue weighted by Crippen LogP contribution is 2.26. The van der Waals surface area contributed by atoms with Crippen LogP contribution in [0, 0.1) is 6.92 Å². The third kappa shape index (κ3) is 2.91. The van der Waals surface area contributed by atoms with Crippen molar-refractivity contribution in [2.75, 3.05) is 7.11 Å². The summed E-state index contributed by atoms with van der Waals surface area (Å²) in [6, 6.07) is 10.1. The molecule has 2 nitrogen and oxygen atoms in total. The van der Waals surface area contributed by atoms with Gasteiger partial charge in [0.2, 0.25) is 0 Å². The van der Waals surface area contributed by atoms with Gasteiger partial charge in [0.25, 0.3) is 0 Å². The molecule has 0 heterocycles. The number of methoxy groups -OCH3 is 1. The number of halogens is 2. The molecule has 0 atom stereocenters. The van der Waals surface area contributed by atoms with Crippen molar-refractivity contribution in [2.45, 2.75) is 6.92 Å². The van der Waals surface area contributed by atoms with Crippen molar-refractivity contribution in [3.8, 4) is 5.75 Å². The van der Waals surface area contributed by atoms with E-state index in [2.05, 4.69) is 0 Å². The van der Waals surface area contributed by atoms with Crippen LogP contribution in [0.3, 0.4) is 0 Å². The van der Waals surface area contributed by atoms with E-state index in [4.69, 9.17) is 27.9 Å². The van der Waals surface area contributed by atoms with Crippen molar-refractivity contribution < 1.29 is 9.53 Å². The highest BCUT2D eigenvalue weighted by molar-refractivity contribution is 6.37. The zero-order valence-electron chi connectivity index (χ0n) is 10.5. The second-order valence-electron chi connectivity index (χ2n) is 4.14. The molecule has 0 bridgehead atoms. The summed E-state index contributed by atoms with van der Waals surface area (Å²) < 4.78 is 5.21. The molecule has 0 aliphatic rings. The van der Waals surface area contributed by atoms with Gasteiger partial charge in [0.05, 0.1) is 12.1 Å². The summed E-state index contributed by atoms with van der Waals surface area (Å²) in [6.07, 6.45) is 0. The summed E-state index contributed by atoms with van der Waals surface area (Å²) in [5.41, 5.74) is 1.94. The Morgan fingerprint density at radius 2 is 1.84 bits per heavy atom. The number of rotatable bonds is 3. The zero-order valence-corrected chi connectivity index (χ0v) is 12.0. The molecule has 2 aromatic rings. The quantitative estimate of drug-likeness (QED) is 0.777. The lowest BCUT2D eigenvalue weighted by atomic mass is 10.0. The van der Waals surface area contributed by atoms with Gasteiger partial charge in [-0.15, -0.1) is 0 Å². The Bertz CT molecular complexity index is 636. The molecule has 19 heavy (non-hydrogen) atoms. The summed E-state index contributed by atoms with van der Waals surface area (Å²) in [6.45, 7) is 1.92. The lowest BCUT2D eigenvalue weighted by Crippen LogP contribution is -2.03. The number of carbonyl (C=O) groups is 1. The van der Waals surface area contributed by atoms with Gasteiger partial charge in [-0.05, 0) is 36.8 Å². The Labute approximate surface area is 121 Å². The van der Waals surface area contributed by atoms with Crippen molar-refractivity contribution >= 4 is 29.0 Å². The van der Waals surface area contributed by atoms with Crippen LogP contribution in [-0.2, 0) is 0 Å². The van der Waals surface area contributed by atoms with Crippen LogP contribution in [0.1, 0.15) is 21.5 Å². The van der Waals surface area contributed by atoms with Crippen LogP contribution in [-0.4, -0.2) is 12.9 Å². The molecule has 4 heteroatoms. The molecule has 98 valence electrons. The predicted octanol–water partition coefficient (Wildman–Crippen LogP) is 4.54. The van der Waals surface area contributed by atoms with E-state index in [9.17, 15) is 4.79 Å². The molecule has 0 radical (unpaired) electrons. The molecule has 2 rings (SSSR count). The molecule has 0 amide bonds. The average Bonchev–Trinajstić information content (AvgIpc) is 2.38. The van der Waals surface area contributed by atoms with Gasteiger partial charge < -0.3 is 4.74 Å². The maximum atomic E-state index is 12.4. The van der Waals surface area contributed by atoms with E-state index in [0.29, 0.717) is 26.9 Å². The second-order valence-corrected chi connectivity index (χ2v) is 4.98. The first-order chi connectivity index (χ1) is 9.02. The maximum Gasteiger partial charge on any atom is 0.194 e. The van der Waals surface area contributed by atoms with Crippen LogP contribution in [0.5, 0.6) is 5.75 Å². The Hall–Kier alpha value is -1.51. The number of aryl methyl sites for hydroxylation is 1. The Morgan fingerprint density at radius 3 is 2.47 bits per heavy atom. The third-order valence-electron chi connectivity index (χ3n) is 2.85. The van der Waals surface area contributed by atoms with Crippen LogP contribution < -0.4 is 4.74 Å². The van der Waals surface area contributed by atoms with E-state index in [0.717, 1.165) is 5.56 Å². The van der Waals surface area contributed by atoms with E-state index in [1.165, 1.54) is 0 Å². The lowest BCUT2D eigenvalue weighted by Gasteiger charge is -2.08. The standard InChI is InChI=1S/C15H12Cl2O2/c1-9-3-4-10(7-14(9)19-2)15(18)12-6-5-11(16)8-13(12)17/h3-8H,1-2H3. The second kappa shape index (κ2) is 5.64.